The molecule has 3 nitrogen and oxygen atoms in total. The van der Waals surface area contributed by atoms with Crippen LogP contribution in [-0.2, 0) is 6.42 Å². The molecule has 1 heterocycles. The second-order valence-electron chi connectivity index (χ2n) is 4.52. The van der Waals surface area contributed by atoms with Gasteiger partial charge >= 0.3 is 0 Å². The minimum atomic E-state index is -0.820. The van der Waals surface area contributed by atoms with Crippen LogP contribution in [0.5, 0.6) is 5.75 Å². The average molecular weight is 291 g/mol. The lowest BCUT2D eigenvalue weighted by atomic mass is 10.1. The SMILES string of the molecule is COc1c(CCN2CCNCC2)cc(F)c(Cl)c1F. The quantitative estimate of drug-likeness (QED) is 0.859. The normalized spacial score (nSPS) is 16.6. The maximum Gasteiger partial charge on any atom is 0.186 e. The first kappa shape index (κ1) is 14.5. The van der Waals surface area contributed by atoms with E-state index in [1.807, 2.05) is 0 Å². The van der Waals surface area contributed by atoms with E-state index in [1.54, 1.807) is 0 Å². The van der Waals surface area contributed by atoms with Crippen LogP contribution in [0.2, 0.25) is 5.02 Å². The summed E-state index contributed by atoms with van der Waals surface area (Å²) in [6.45, 7) is 4.53. The zero-order valence-electron chi connectivity index (χ0n) is 10.8. The third-order valence-corrected chi connectivity index (χ3v) is 3.65. The molecule has 1 fully saturated rings. The topological polar surface area (TPSA) is 24.5 Å². The van der Waals surface area contributed by atoms with E-state index in [9.17, 15) is 8.78 Å². The summed E-state index contributed by atoms with van der Waals surface area (Å²) >= 11 is 5.53. The highest BCUT2D eigenvalue weighted by Crippen LogP contribution is 2.31. The van der Waals surface area contributed by atoms with Crippen LogP contribution in [0.3, 0.4) is 0 Å². The summed E-state index contributed by atoms with van der Waals surface area (Å²) < 4.78 is 32.2. The molecule has 0 radical (unpaired) electrons. The van der Waals surface area contributed by atoms with E-state index < -0.39 is 16.7 Å². The third kappa shape index (κ3) is 3.35. The summed E-state index contributed by atoms with van der Waals surface area (Å²) in [6.07, 6.45) is 0.536. The Balaban J connectivity index is 2.10. The number of ether oxygens (including phenoxy) is 1. The highest BCUT2D eigenvalue weighted by Gasteiger charge is 2.19. The second kappa shape index (κ2) is 6.50. The van der Waals surface area contributed by atoms with E-state index in [2.05, 4.69) is 10.2 Å². The van der Waals surface area contributed by atoms with Crippen LogP contribution in [0, 0.1) is 11.6 Å². The molecular formula is C13H17ClF2N2O. The van der Waals surface area contributed by atoms with Crippen molar-refractivity contribution in [3.63, 3.8) is 0 Å². The van der Waals surface area contributed by atoms with Crippen molar-refractivity contribution in [3.05, 3.63) is 28.3 Å². The van der Waals surface area contributed by atoms with Crippen molar-refractivity contribution in [2.24, 2.45) is 0 Å². The molecular weight excluding hydrogens is 274 g/mol. The van der Waals surface area contributed by atoms with Gasteiger partial charge in [0.15, 0.2) is 11.6 Å². The van der Waals surface area contributed by atoms with Crippen LogP contribution in [0.1, 0.15) is 5.56 Å². The summed E-state index contributed by atoms with van der Waals surface area (Å²) in [5, 5.41) is 2.75. The van der Waals surface area contributed by atoms with Crippen LogP contribution >= 0.6 is 11.6 Å². The Hall–Kier alpha value is -0.910. The summed E-state index contributed by atoms with van der Waals surface area (Å²) in [4.78, 5) is 2.25. The van der Waals surface area contributed by atoms with Gasteiger partial charge in [-0.2, -0.15) is 0 Å². The van der Waals surface area contributed by atoms with Crippen LogP contribution in [0.4, 0.5) is 8.78 Å². The predicted octanol–water partition coefficient (Wildman–Crippen LogP) is 2.07. The second-order valence-corrected chi connectivity index (χ2v) is 4.90. The number of nitrogens with zero attached hydrogens (tertiary/aromatic N) is 1. The first-order valence-corrected chi connectivity index (χ1v) is 6.64. The van der Waals surface area contributed by atoms with Crippen LogP contribution in [0.15, 0.2) is 6.07 Å². The molecule has 1 aliphatic heterocycles. The Bertz CT molecular complexity index is 451. The van der Waals surface area contributed by atoms with Gasteiger partial charge in [-0.3, -0.25) is 0 Å². The number of hydrogen-bond donors (Lipinski definition) is 1. The van der Waals surface area contributed by atoms with Crippen molar-refractivity contribution in [2.45, 2.75) is 6.42 Å². The number of piperazine rings is 1. The van der Waals surface area contributed by atoms with Crippen LogP contribution in [0.25, 0.3) is 0 Å². The Kier molecular flexibility index (Phi) is 4.96. The number of methoxy groups -OCH3 is 1. The molecule has 1 saturated heterocycles. The molecule has 1 aliphatic rings. The van der Waals surface area contributed by atoms with Crippen molar-refractivity contribution in [1.29, 1.82) is 0 Å². The first-order chi connectivity index (χ1) is 9.13. The molecule has 0 bridgehead atoms. The fourth-order valence-electron chi connectivity index (χ4n) is 2.25. The molecule has 6 heteroatoms. The lowest BCUT2D eigenvalue weighted by molar-refractivity contribution is 0.242. The van der Waals surface area contributed by atoms with E-state index >= 15 is 0 Å². The average Bonchev–Trinajstić information content (AvgIpc) is 2.44. The van der Waals surface area contributed by atoms with Gasteiger partial charge in [-0.25, -0.2) is 8.78 Å². The van der Waals surface area contributed by atoms with Crippen molar-refractivity contribution >= 4 is 11.6 Å². The van der Waals surface area contributed by atoms with E-state index in [0.29, 0.717) is 12.0 Å². The van der Waals surface area contributed by atoms with Gasteiger partial charge in [0, 0.05) is 38.3 Å². The highest BCUT2D eigenvalue weighted by atomic mass is 35.5. The molecule has 2 rings (SSSR count). The van der Waals surface area contributed by atoms with Crippen molar-refractivity contribution in [1.82, 2.24) is 10.2 Å². The van der Waals surface area contributed by atoms with Gasteiger partial charge in [0.1, 0.15) is 10.8 Å². The Morgan fingerprint density at radius 1 is 1.37 bits per heavy atom. The fraction of sp³-hybridized carbons (Fsp3) is 0.538. The molecule has 1 aromatic rings. The zero-order chi connectivity index (χ0) is 13.8. The van der Waals surface area contributed by atoms with E-state index in [-0.39, 0.29) is 5.75 Å². The Labute approximate surface area is 116 Å². The largest absolute Gasteiger partial charge is 0.493 e. The molecule has 19 heavy (non-hydrogen) atoms. The van der Waals surface area contributed by atoms with Crippen molar-refractivity contribution in [3.8, 4) is 5.75 Å². The van der Waals surface area contributed by atoms with Crippen molar-refractivity contribution in [2.75, 3.05) is 39.8 Å². The lowest BCUT2D eigenvalue weighted by Crippen LogP contribution is -2.44. The minimum Gasteiger partial charge on any atom is -0.493 e. The van der Waals surface area contributed by atoms with E-state index in [1.165, 1.54) is 13.2 Å². The summed E-state index contributed by atoms with van der Waals surface area (Å²) in [6, 6.07) is 1.26. The Morgan fingerprint density at radius 2 is 2.05 bits per heavy atom. The predicted molar refractivity (Wildman–Crippen MR) is 70.9 cm³/mol. The number of halogens is 3. The molecule has 0 spiro atoms. The highest BCUT2D eigenvalue weighted by molar-refractivity contribution is 6.31. The van der Waals surface area contributed by atoms with Crippen LogP contribution in [-0.4, -0.2) is 44.7 Å². The Morgan fingerprint density at radius 3 is 2.68 bits per heavy atom. The van der Waals surface area contributed by atoms with Crippen molar-refractivity contribution < 1.29 is 13.5 Å². The standard InChI is InChI=1S/C13H17ClF2N2O/c1-19-13-9(8-10(15)11(14)12(13)16)2-5-18-6-3-17-4-7-18/h8,17H,2-7H2,1H3. The first-order valence-electron chi connectivity index (χ1n) is 6.27. The maximum atomic E-state index is 13.8. The van der Waals surface area contributed by atoms with E-state index in [0.717, 1.165) is 32.7 Å². The number of rotatable bonds is 4. The molecule has 1 N–H and O–H groups in total. The van der Waals surface area contributed by atoms with Gasteiger partial charge in [-0.15, -0.1) is 0 Å². The number of hydrogen-bond acceptors (Lipinski definition) is 3. The summed E-state index contributed by atoms with van der Waals surface area (Å²) in [5.74, 6) is -1.52. The van der Waals surface area contributed by atoms with E-state index in [4.69, 9.17) is 16.3 Å². The monoisotopic (exact) mass is 290 g/mol. The van der Waals surface area contributed by atoms with Gasteiger partial charge in [0.2, 0.25) is 0 Å². The maximum absolute atomic E-state index is 13.8. The molecule has 0 aromatic heterocycles. The molecule has 106 valence electrons. The molecule has 0 amide bonds. The van der Waals surface area contributed by atoms with Gasteiger partial charge in [0.05, 0.1) is 7.11 Å². The third-order valence-electron chi connectivity index (χ3n) is 3.31. The molecule has 1 aromatic carbocycles. The smallest absolute Gasteiger partial charge is 0.186 e. The number of benzene rings is 1. The fourth-order valence-corrected chi connectivity index (χ4v) is 2.39. The van der Waals surface area contributed by atoms with Gasteiger partial charge in [-0.1, -0.05) is 11.6 Å². The zero-order valence-corrected chi connectivity index (χ0v) is 11.6. The lowest BCUT2D eigenvalue weighted by Gasteiger charge is -2.27. The summed E-state index contributed by atoms with van der Waals surface area (Å²) in [5.41, 5.74) is 0.514. The van der Waals surface area contributed by atoms with Gasteiger partial charge in [-0.05, 0) is 12.5 Å². The molecule has 0 unspecified atom stereocenters. The summed E-state index contributed by atoms with van der Waals surface area (Å²) in [7, 11) is 1.36. The van der Waals surface area contributed by atoms with Gasteiger partial charge in [0.25, 0.3) is 0 Å². The van der Waals surface area contributed by atoms with Crippen LogP contribution < -0.4 is 10.1 Å². The molecule has 0 atom stereocenters. The molecule has 0 saturated carbocycles. The minimum absolute atomic E-state index is 0.0431. The number of nitrogens with one attached hydrogen (secondary N) is 1. The van der Waals surface area contributed by atoms with Gasteiger partial charge < -0.3 is 15.0 Å². The molecule has 0 aliphatic carbocycles.